The van der Waals surface area contributed by atoms with Crippen LogP contribution in [0.3, 0.4) is 0 Å². The van der Waals surface area contributed by atoms with Gasteiger partial charge in [-0.2, -0.15) is 0 Å². The summed E-state index contributed by atoms with van der Waals surface area (Å²) in [5, 5.41) is 2.34. The SMILES string of the molecule is Cc1c(NN)sc2ccccc12. The molecule has 1 aromatic heterocycles. The Morgan fingerprint density at radius 1 is 1.33 bits per heavy atom. The normalized spacial score (nSPS) is 10.5. The second kappa shape index (κ2) is 2.77. The predicted molar refractivity (Wildman–Crippen MR) is 54.4 cm³/mol. The fourth-order valence-electron chi connectivity index (χ4n) is 1.31. The maximum atomic E-state index is 5.37. The Labute approximate surface area is 75.0 Å². The summed E-state index contributed by atoms with van der Waals surface area (Å²) >= 11 is 1.69. The van der Waals surface area contributed by atoms with Crippen molar-refractivity contribution in [2.75, 3.05) is 5.43 Å². The first-order valence-electron chi connectivity index (χ1n) is 3.77. The Balaban J connectivity index is 2.78. The molecule has 0 aliphatic heterocycles. The van der Waals surface area contributed by atoms with Gasteiger partial charge in [-0.15, -0.1) is 11.3 Å². The zero-order chi connectivity index (χ0) is 8.55. The molecule has 0 fully saturated rings. The van der Waals surface area contributed by atoms with Gasteiger partial charge in [0, 0.05) is 4.70 Å². The topological polar surface area (TPSA) is 38.0 Å². The molecule has 0 radical (unpaired) electrons. The molecule has 0 aliphatic carbocycles. The summed E-state index contributed by atoms with van der Waals surface area (Å²) in [6, 6.07) is 8.30. The summed E-state index contributed by atoms with van der Waals surface area (Å²) in [5.41, 5.74) is 3.94. The predicted octanol–water partition coefficient (Wildman–Crippen LogP) is 2.50. The van der Waals surface area contributed by atoms with Gasteiger partial charge >= 0.3 is 0 Å². The number of nitrogens with one attached hydrogen (secondary N) is 1. The summed E-state index contributed by atoms with van der Waals surface area (Å²) in [4.78, 5) is 0. The summed E-state index contributed by atoms with van der Waals surface area (Å²) in [6.45, 7) is 2.08. The van der Waals surface area contributed by atoms with Crippen LogP contribution in [0.2, 0.25) is 0 Å². The van der Waals surface area contributed by atoms with E-state index in [1.54, 1.807) is 11.3 Å². The Morgan fingerprint density at radius 3 is 2.75 bits per heavy atom. The van der Waals surface area contributed by atoms with Crippen LogP contribution >= 0.6 is 11.3 Å². The van der Waals surface area contributed by atoms with Crippen molar-refractivity contribution >= 4 is 26.4 Å². The van der Waals surface area contributed by atoms with Crippen LogP contribution in [0.5, 0.6) is 0 Å². The van der Waals surface area contributed by atoms with Crippen molar-refractivity contribution in [3.63, 3.8) is 0 Å². The van der Waals surface area contributed by atoms with Gasteiger partial charge in [-0.25, -0.2) is 5.84 Å². The molecule has 1 heterocycles. The summed E-state index contributed by atoms with van der Waals surface area (Å²) < 4.78 is 1.28. The highest BCUT2D eigenvalue weighted by molar-refractivity contribution is 7.23. The van der Waals surface area contributed by atoms with Crippen LogP contribution in [-0.2, 0) is 0 Å². The second-order valence-corrected chi connectivity index (χ2v) is 3.75. The molecule has 0 saturated heterocycles. The van der Waals surface area contributed by atoms with Crippen molar-refractivity contribution in [3.05, 3.63) is 29.8 Å². The van der Waals surface area contributed by atoms with E-state index in [0.29, 0.717) is 0 Å². The van der Waals surface area contributed by atoms with Crippen LogP contribution in [0.15, 0.2) is 24.3 Å². The number of hydrogen-bond donors (Lipinski definition) is 2. The molecule has 62 valence electrons. The van der Waals surface area contributed by atoms with Crippen molar-refractivity contribution in [2.45, 2.75) is 6.92 Å². The van der Waals surface area contributed by atoms with Gasteiger partial charge in [-0.05, 0) is 23.9 Å². The van der Waals surface area contributed by atoms with E-state index in [-0.39, 0.29) is 0 Å². The van der Waals surface area contributed by atoms with Crippen LogP contribution in [-0.4, -0.2) is 0 Å². The minimum Gasteiger partial charge on any atom is -0.315 e. The fraction of sp³-hybridized carbons (Fsp3) is 0.111. The lowest BCUT2D eigenvalue weighted by atomic mass is 10.2. The van der Waals surface area contributed by atoms with Crippen LogP contribution in [0.1, 0.15) is 5.56 Å². The van der Waals surface area contributed by atoms with Gasteiger partial charge in [0.05, 0.1) is 0 Å². The number of fused-ring (bicyclic) bond motifs is 1. The highest BCUT2D eigenvalue weighted by atomic mass is 32.1. The van der Waals surface area contributed by atoms with Crippen molar-refractivity contribution in [1.82, 2.24) is 0 Å². The maximum Gasteiger partial charge on any atom is 0.107 e. The lowest BCUT2D eigenvalue weighted by Gasteiger charge is -1.94. The Bertz CT molecular complexity index is 406. The maximum absolute atomic E-state index is 5.37. The molecule has 0 atom stereocenters. The van der Waals surface area contributed by atoms with E-state index in [0.717, 1.165) is 5.00 Å². The lowest BCUT2D eigenvalue weighted by molar-refractivity contribution is 1.36. The minimum atomic E-state index is 1.05. The first-order valence-corrected chi connectivity index (χ1v) is 4.59. The average molecular weight is 178 g/mol. The molecule has 3 N–H and O–H groups in total. The molecule has 0 bridgehead atoms. The smallest absolute Gasteiger partial charge is 0.107 e. The average Bonchev–Trinajstić information content (AvgIpc) is 2.44. The third-order valence-electron chi connectivity index (χ3n) is 1.97. The van der Waals surface area contributed by atoms with Gasteiger partial charge in [-0.1, -0.05) is 18.2 Å². The van der Waals surface area contributed by atoms with Crippen molar-refractivity contribution in [1.29, 1.82) is 0 Å². The zero-order valence-corrected chi connectivity index (χ0v) is 7.61. The molecule has 0 unspecified atom stereocenters. The van der Waals surface area contributed by atoms with Gasteiger partial charge in [0.25, 0.3) is 0 Å². The molecule has 1 aromatic carbocycles. The number of hydrazine groups is 1. The first kappa shape index (κ1) is 7.58. The third kappa shape index (κ3) is 0.983. The highest BCUT2D eigenvalue weighted by Gasteiger charge is 2.04. The first-order chi connectivity index (χ1) is 5.83. The highest BCUT2D eigenvalue weighted by Crippen LogP contribution is 2.33. The third-order valence-corrected chi connectivity index (χ3v) is 3.18. The Hall–Kier alpha value is -1.06. The summed E-state index contributed by atoms with van der Waals surface area (Å²) in [5.74, 6) is 5.37. The lowest BCUT2D eigenvalue weighted by Crippen LogP contribution is -2.05. The number of aryl methyl sites for hydroxylation is 1. The van der Waals surface area contributed by atoms with E-state index >= 15 is 0 Å². The van der Waals surface area contributed by atoms with Crippen LogP contribution in [0, 0.1) is 6.92 Å². The largest absolute Gasteiger partial charge is 0.315 e. The van der Waals surface area contributed by atoms with Gasteiger partial charge in [0.2, 0.25) is 0 Å². The molecule has 3 heteroatoms. The molecule has 0 saturated carbocycles. The molecule has 12 heavy (non-hydrogen) atoms. The van der Waals surface area contributed by atoms with Gasteiger partial charge in [0.15, 0.2) is 0 Å². The monoisotopic (exact) mass is 178 g/mol. The van der Waals surface area contributed by atoms with Gasteiger partial charge in [0.1, 0.15) is 5.00 Å². The van der Waals surface area contributed by atoms with Gasteiger partial charge in [-0.3, -0.25) is 0 Å². The number of nitrogens with two attached hydrogens (primary N) is 1. The molecule has 0 aliphatic rings. The van der Waals surface area contributed by atoms with Crippen molar-refractivity contribution in [2.24, 2.45) is 5.84 Å². The van der Waals surface area contributed by atoms with E-state index < -0.39 is 0 Å². The molecule has 2 rings (SSSR count). The summed E-state index contributed by atoms with van der Waals surface area (Å²) in [7, 11) is 0. The molecular weight excluding hydrogens is 168 g/mol. The van der Waals surface area contributed by atoms with Crippen LogP contribution < -0.4 is 11.3 Å². The second-order valence-electron chi connectivity index (χ2n) is 2.70. The van der Waals surface area contributed by atoms with E-state index in [1.165, 1.54) is 15.6 Å². The Kier molecular flexibility index (Phi) is 1.75. The number of hydrogen-bond acceptors (Lipinski definition) is 3. The molecular formula is C9H10N2S. The van der Waals surface area contributed by atoms with E-state index in [9.17, 15) is 0 Å². The number of nitrogen functional groups attached to an aromatic ring is 1. The number of thiophene rings is 1. The number of benzene rings is 1. The van der Waals surface area contributed by atoms with Crippen LogP contribution in [0.25, 0.3) is 10.1 Å². The standard InChI is InChI=1S/C9H10N2S/c1-6-7-4-2-3-5-8(7)12-9(6)11-10/h2-5,11H,10H2,1H3. The van der Waals surface area contributed by atoms with Gasteiger partial charge < -0.3 is 5.43 Å². The Morgan fingerprint density at radius 2 is 2.08 bits per heavy atom. The van der Waals surface area contributed by atoms with E-state index in [1.807, 2.05) is 12.1 Å². The molecule has 2 nitrogen and oxygen atoms in total. The summed E-state index contributed by atoms with van der Waals surface area (Å²) in [6.07, 6.45) is 0. The minimum absolute atomic E-state index is 1.05. The van der Waals surface area contributed by atoms with Crippen molar-refractivity contribution in [3.8, 4) is 0 Å². The molecule has 0 amide bonds. The molecule has 2 aromatic rings. The fourth-order valence-corrected chi connectivity index (χ4v) is 2.33. The zero-order valence-electron chi connectivity index (χ0n) is 6.79. The van der Waals surface area contributed by atoms with Crippen LogP contribution in [0.4, 0.5) is 5.00 Å². The quantitative estimate of drug-likeness (QED) is 0.520. The van der Waals surface area contributed by atoms with E-state index in [4.69, 9.17) is 5.84 Å². The number of rotatable bonds is 1. The molecule has 0 spiro atoms. The van der Waals surface area contributed by atoms with E-state index in [2.05, 4.69) is 24.5 Å². The van der Waals surface area contributed by atoms with Crippen molar-refractivity contribution < 1.29 is 0 Å². The number of anilines is 1.